The molecule has 2 aromatic rings. The number of fused-ring (bicyclic) bond motifs is 1. The summed E-state index contributed by atoms with van der Waals surface area (Å²) in [5.41, 5.74) is 3.29. The summed E-state index contributed by atoms with van der Waals surface area (Å²) in [5.74, 6) is 0.662. The van der Waals surface area contributed by atoms with Gasteiger partial charge >= 0.3 is 0 Å². The Morgan fingerprint density at radius 1 is 1.31 bits per heavy atom. The van der Waals surface area contributed by atoms with Crippen molar-refractivity contribution in [2.45, 2.75) is 25.5 Å². The lowest BCUT2D eigenvalue weighted by Gasteiger charge is -2.19. The molecule has 0 aromatic heterocycles. The standard InChI is InChI=1S/C22H26BrN3O3/c1-14(26(2)10-11-29-3)24-18-9-6-16-12-20(27)21(19(16)13-18)25-22(28)15-4-7-17(23)8-5-15/h4-9,13,20-21,27H,10-12H2,1-3H3,(H,25,28). The van der Waals surface area contributed by atoms with E-state index in [0.717, 1.165) is 33.7 Å². The minimum absolute atomic E-state index is 0.209. The minimum Gasteiger partial charge on any atom is -0.390 e. The molecule has 2 unspecified atom stereocenters. The molecule has 1 aliphatic rings. The number of halogens is 1. The van der Waals surface area contributed by atoms with Crippen molar-refractivity contribution in [1.29, 1.82) is 0 Å². The molecule has 0 saturated carbocycles. The average Bonchev–Trinajstić information content (AvgIpc) is 3.01. The Kier molecular flexibility index (Phi) is 7.05. The maximum atomic E-state index is 12.6. The van der Waals surface area contributed by atoms with Crippen LogP contribution in [0.15, 0.2) is 51.9 Å². The summed E-state index contributed by atoms with van der Waals surface area (Å²) in [4.78, 5) is 19.3. The summed E-state index contributed by atoms with van der Waals surface area (Å²) in [6.45, 7) is 3.33. The smallest absolute Gasteiger partial charge is 0.251 e. The molecule has 6 nitrogen and oxygen atoms in total. The summed E-state index contributed by atoms with van der Waals surface area (Å²) in [6.07, 6.45) is -0.147. The number of hydrogen-bond acceptors (Lipinski definition) is 4. The van der Waals surface area contributed by atoms with Crippen molar-refractivity contribution in [3.05, 3.63) is 63.6 Å². The molecule has 2 aromatic carbocycles. The number of amidine groups is 1. The zero-order chi connectivity index (χ0) is 21.0. The molecule has 0 fully saturated rings. The van der Waals surface area contributed by atoms with E-state index in [1.807, 2.05) is 49.2 Å². The lowest BCUT2D eigenvalue weighted by atomic mass is 10.1. The van der Waals surface area contributed by atoms with E-state index in [1.165, 1.54) is 0 Å². The highest BCUT2D eigenvalue weighted by atomic mass is 79.9. The van der Waals surface area contributed by atoms with Crippen molar-refractivity contribution in [3.63, 3.8) is 0 Å². The molecule has 154 valence electrons. The number of aliphatic hydroxyl groups excluding tert-OH is 1. The van der Waals surface area contributed by atoms with Gasteiger partial charge in [-0.25, -0.2) is 4.99 Å². The number of hydrogen-bond donors (Lipinski definition) is 2. The van der Waals surface area contributed by atoms with Crippen LogP contribution in [0.25, 0.3) is 0 Å². The van der Waals surface area contributed by atoms with E-state index >= 15 is 0 Å². The molecule has 0 spiro atoms. The van der Waals surface area contributed by atoms with Gasteiger partial charge in [0, 0.05) is 37.2 Å². The Hall–Kier alpha value is -2.22. The highest BCUT2D eigenvalue weighted by molar-refractivity contribution is 9.10. The Labute approximate surface area is 179 Å². The summed E-state index contributed by atoms with van der Waals surface area (Å²) in [7, 11) is 3.64. The number of amides is 1. The molecule has 29 heavy (non-hydrogen) atoms. The fraction of sp³-hybridized carbons (Fsp3) is 0.364. The van der Waals surface area contributed by atoms with E-state index in [0.29, 0.717) is 18.6 Å². The molecule has 0 aliphatic heterocycles. The molecule has 0 saturated heterocycles. The highest BCUT2D eigenvalue weighted by Gasteiger charge is 2.32. The Balaban J connectivity index is 1.79. The maximum Gasteiger partial charge on any atom is 0.251 e. The zero-order valence-corrected chi connectivity index (χ0v) is 18.4. The third-order valence-electron chi connectivity index (χ3n) is 5.15. The van der Waals surface area contributed by atoms with Crippen LogP contribution in [-0.2, 0) is 11.2 Å². The Bertz CT molecular complexity index is 899. The van der Waals surface area contributed by atoms with Gasteiger partial charge in [-0.1, -0.05) is 22.0 Å². The van der Waals surface area contributed by atoms with Gasteiger partial charge in [-0.3, -0.25) is 4.79 Å². The van der Waals surface area contributed by atoms with Gasteiger partial charge in [-0.2, -0.15) is 0 Å². The first kappa shape index (κ1) is 21.5. The second-order valence-corrected chi connectivity index (χ2v) is 8.10. The topological polar surface area (TPSA) is 74.2 Å². The predicted molar refractivity (Wildman–Crippen MR) is 118 cm³/mol. The van der Waals surface area contributed by atoms with Gasteiger partial charge in [0.25, 0.3) is 5.91 Å². The number of aliphatic imine (C=N–C) groups is 1. The van der Waals surface area contributed by atoms with Gasteiger partial charge in [-0.15, -0.1) is 0 Å². The van der Waals surface area contributed by atoms with Gasteiger partial charge in [0.2, 0.25) is 0 Å². The minimum atomic E-state index is -0.658. The number of methoxy groups -OCH3 is 1. The van der Waals surface area contributed by atoms with Crippen molar-refractivity contribution < 1.29 is 14.6 Å². The number of nitrogens with one attached hydrogen (secondary N) is 1. The van der Waals surface area contributed by atoms with E-state index in [9.17, 15) is 9.90 Å². The van der Waals surface area contributed by atoms with Gasteiger partial charge in [0.1, 0.15) is 5.84 Å². The SMILES string of the molecule is COCCN(C)C(C)=Nc1ccc2c(c1)C(NC(=O)c1ccc(Br)cc1)C(O)C2. The number of nitrogens with zero attached hydrogens (tertiary/aromatic N) is 2. The maximum absolute atomic E-state index is 12.6. The number of aliphatic hydroxyl groups is 1. The quantitative estimate of drug-likeness (QED) is 0.512. The fourth-order valence-corrected chi connectivity index (χ4v) is 3.60. The Morgan fingerprint density at radius 3 is 2.72 bits per heavy atom. The zero-order valence-electron chi connectivity index (χ0n) is 16.9. The van der Waals surface area contributed by atoms with E-state index in [2.05, 4.69) is 26.2 Å². The van der Waals surface area contributed by atoms with Gasteiger partial charge in [-0.05, 0) is 54.4 Å². The first-order valence-electron chi connectivity index (χ1n) is 9.51. The molecule has 0 radical (unpaired) electrons. The van der Waals surface area contributed by atoms with Crippen LogP contribution in [0.3, 0.4) is 0 Å². The monoisotopic (exact) mass is 459 g/mol. The van der Waals surface area contributed by atoms with E-state index < -0.39 is 12.1 Å². The molecule has 1 aliphatic carbocycles. The lowest BCUT2D eigenvalue weighted by molar-refractivity contribution is 0.0858. The highest BCUT2D eigenvalue weighted by Crippen LogP contribution is 2.34. The molecule has 1 amide bonds. The normalized spacial score (nSPS) is 18.4. The van der Waals surface area contributed by atoms with Crippen molar-refractivity contribution in [2.75, 3.05) is 27.3 Å². The Morgan fingerprint density at radius 2 is 2.03 bits per heavy atom. The molecule has 2 atom stereocenters. The second-order valence-electron chi connectivity index (χ2n) is 7.19. The third-order valence-corrected chi connectivity index (χ3v) is 5.67. The second kappa shape index (κ2) is 9.52. The van der Waals surface area contributed by atoms with E-state index in [4.69, 9.17) is 4.74 Å². The number of carbonyl (C=O) groups is 1. The van der Waals surface area contributed by atoms with E-state index in [1.54, 1.807) is 19.2 Å². The number of likely N-dealkylation sites (N-methyl/N-ethyl adjacent to an activating group) is 1. The van der Waals surface area contributed by atoms with Crippen molar-refractivity contribution >= 4 is 33.4 Å². The number of ether oxygens (including phenoxy) is 1. The molecular formula is C22H26BrN3O3. The fourth-order valence-electron chi connectivity index (χ4n) is 3.34. The van der Waals surface area contributed by atoms with Crippen LogP contribution in [0.2, 0.25) is 0 Å². The van der Waals surface area contributed by atoms with Crippen LogP contribution in [-0.4, -0.2) is 55.2 Å². The average molecular weight is 460 g/mol. The lowest BCUT2D eigenvalue weighted by Crippen LogP contribution is -2.33. The summed E-state index contributed by atoms with van der Waals surface area (Å²) >= 11 is 3.37. The van der Waals surface area contributed by atoms with Crippen LogP contribution >= 0.6 is 15.9 Å². The molecule has 7 heteroatoms. The number of carbonyl (C=O) groups excluding carboxylic acids is 1. The molecule has 2 N–H and O–H groups in total. The van der Waals surface area contributed by atoms with Crippen molar-refractivity contribution in [3.8, 4) is 0 Å². The van der Waals surface area contributed by atoms with Crippen LogP contribution in [0.5, 0.6) is 0 Å². The first-order chi connectivity index (χ1) is 13.9. The summed E-state index contributed by atoms with van der Waals surface area (Å²) < 4.78 is 6.02. The van der Waals surface area contributed by atoms with Crippen molar-refractivity contribution in [2.24, 2.45) is 4.99 Å². The largest absolute Gasteiger partial charge is 0.390 e. The van der Waals surface area contributed by atoms with Crippen molar-refractivity contribution in [1.82, 2.24) is 10.2 Å². The molecule has 0 bridgehead atoms. The molecule has 0 heterocycles. The van der Waals surface area contributed by atoms with E-state index in [-0.39, 0.29) is 5.91 Å². The predicted octanol–water partition coefficient (Wildman–Crippen LogP) is 3.47. The van der Waals surface area contributed by atoms with Crippen LogP contribution in [0, 0.1) is 0 Å². The van der Waals surface area contributed by atoms with Gasteiger partial charge < -0.3 is 20.1 Å². The van der Waals surface area contributed by atoms with Gasteiger partial charge in [0.05, 0.1) is 24.4 Å². The first-order valence-corrected chi connectivity index (χ1v) is 10.3. The van der Waals surface area contributed by atoms with Gasteiger partial charge in [0.15, 0.2) is 0 Å². The molecule has 3 rings (SSSR count). The molecular weight excluding hydrogens is 434 g/mol. The third kappa shape index (κ3) is 5.23. The number of rotatable bonds is 6. The van der Waals surface area contributed by atoms with Crippen LogP contribution in [0.4, 0.5) is 5.69 Å². The summed E-state index contributed by atoms with van der Waals surface area (Å²) in [5, 5.41) is 13.5. The summed E-state index contributed by atoms with van der Waals surface area (Å²) in [6, 6.07) is 12.6. The van der Waals surface area contributed by atoms with Crippen LogP contribution in [0.1, 0.15) is 34.5 Å². The number of benzene rings is 2. The van der Waals surface area contributed by atoms with Crippen LogP contribution < -0.4 is 5.32 Å².